The number of benzene rings is 3. The molecule has 1 heterocycles. The summed E-state index contributed by atoms with van der Waals surface area (Å²) in [5.41, 5.74) is 4.13. The number of aromatic hydroxyl groups is 1. The zero-order valence-corrected chi connectivity index (χ0v) is 14.5. The van der Waals surface area contributed by atoms with E-state index in [0.29, 0.717) is 6.54 Å². The van der Waals surface area contributed by atoms with Gasteiger partial charge in [-0.05, 0) is 35.4 Å². The number of aromatic nitrogens is 1. The van der Waals surface area contributed by atoms with Crippen molar-refractivity contribution >= 4 is 27.8 Å². The number of phenols is 1. The smallest absolute Gasteiger partial charge is 0.309 e. The number of hydrogen-bond donors (Lipinski definition) is 1. The van der Waals surface area contributed by atoms with Gasteiger partial charge in [-0.3, -0.25) is 4.79 Å². The maximum atomic E-state index is 11.6. The maximum absolute atomic E-state index is 11.6. The summed E-state index contributed by atoms with van der Waals surface area (Å²) in [6.07, 6.45) is 0.250. The van der Waals surface area contributed by atoms with Crippen LogP contribution in [0.25, 0.3) is 21.8 Å². The van der Waals surface area contributed by atoms with Gasteiger partial charge >= 0.3 is 5.97 Å². The van der Waals surface area contributed by atoms with Crippen molar-refractivity contribution in [3.05, 3.63) is 77.9 Å². The van der Waals surface area contributed by atoms with E-state index in [1.54, 1.807) is 12.1 Å². The lowest BCUT2D eigenvalue weighted by molar-refractivity contribution is -0.139. The van der Waals surface area contributed by atoms with Crippen molar-refractivity contribution in [1.29, 1.82) is 0 Å². The number of fused-ring (bicyclic) bond motifs is 3. The minimum absolute atomic E-state index is 0.250. The molecule has 130 valence electrons. The quantitative estimate of drug-likeness (QED) is 0.562. The Hall–Kier alpha value is -3.27. The van der Waals surface area contributed by atoms with Gasteiger partial charge < -0.3 is 14.4 Å². The standard InChI is InChI=1S/C22H19NO3/c1-26-22(25)13-15-9-10-19-18-7-2-3-8-20(18)23(21(19)12-15)14-16-5-4-6-17(24)11-16/h2-12,24H,13-14H2,1H3. The molecule has 1 aromatic heterocycles. The van der Waals surface area contributed by atoms with Crippen molar-refractivity contribution < 1.29 is 14.6 Å². The van der Waals surface area contributed by atoms with Gasteiger partial charge in [0.2, 0.25) is 0 Å². The molecule has 3 aromatic carbocycles. The summed E-state index contributed by atoms with van der Waals surface area (Å²) in [7, 11) is 1.40. The van der Waals surface area contributed by atoms with Crippen molar-refractivity contribution in [2.24, 2.45) is 0 Å². The second-order valence-corrected chi connectivity index (χ2v) is 6.38. The van der Waals surface area contributed by atoms with E-state index in [9.17, 15) is 9.90 Å². The molecule has 0 fully saturated rings. The van der Waals surface area contributed by atoms with Gasteiger partial charge in [0.1, 0.15) is 5.75 Å². The molecule has 0 aliphatic rings. The lowest BCUT2D eigenvalue weighted by Gasteiger charge is -2.09. The Morgan fingerprint density at radius 2 is 1.73 bits per heavy atom. The molecule has 0 radical (unpaired) electrons. The number of hydrogen-bond acceptors (Lipinski definition) is 3. The summed E-state index contributed by atoms with van der Waals surface area (Å²) in [6, 6.07) is 21.6. The second kappa shape index (κ2) is 6.56. The number of esters is 1. The van der Waals surface area contributed by atoms with Gasteiger partial charge in [-0.25, -0.2) is 0 Å². The van der Waals surface area contributed by atoms with E-state index >= 15 is 0 Å². The number of methoxy groups -OCH3 is 1. The number of para-hydroxylation sites is 1. The Morgan fingerprint density at radius 1 is 0.923 bits per heavy atom. The van der Waals surface area contributed by atoms with E-state index in [1.165, 1.54) is 12.5 Å². The van der Waals surface area contributed by atoms with E-state index in [2.05, 4.69) is 28.8 Å². The number of nitrogens with zero attached hydrogens (tertiary/aromatic N) is 1. The lowest BCUT2D eigenvalue weighted by atomic mass is 10.1. The third-order valence-electron chi connectivity index (χ3n) is 4.67. The van der Waals surface area contributed by atoms with Crippen LogP contribution in [-0.2, 0) is 22.5 Å². The first-order valence-electron chi connectivity index (χ1n) is 8.50. The lowest BCUT2D eigenvalue weighted by Crippen LogP contribution is -2.05. The van der Waals surface area contributed by atoms with Crippen LogP contribution in [-0.4, -0.2) is 22.8 Å². The van der Waals surface area contributed by atoms with E-state index in [4.69, 9.17) is 4.74 Å². The van der Waals surface area contributed by atoms with Crippen molar-refractivity contribution in [1.82, 2.24) is 4.57 Å². The molecule has 0 saturated carbocycles. The molecule has 26 heavy (non-hydrogen) atoms. The fourth-order valence-corrected chi connectivity index (χ4v) is 3.45. The van der Waals surface area contributed by atoms with Gasteiger partial charge in [-0.1, -0.05) is 42.5 Å². The summed E-state index contributed by atoms with van der Waals surface area (Å²) in [4.78, 5) is 11.6. The minimum atomic E-state index is -0.250. The molecule has 0 aliphatic heterocycles. The van der Waals surface area contributed by atoms with Crippen molar-refractivity contribution in [3.63, 3.8) is 0 Å². The van der Waals surface area contributed by atoms with Crippen LogP contribution < -0.4 is 0 Å². The summed E-state index contributed by atoms with van der Waals surface area (Å²) < 4.78 is 7.01. The zero-order valence-electron chi connectivity index (χ0n) is 14.5. The molecule has 0 saturated heterocycles. The van der Waals surface area contributed by atoms with E-state index in [0.717, 1.165) is 27.5 Å². The number of rotatable bonds is 4. The van der Waals surface area contributed by atoms with Crippen LogP contribution in [0.5, 0.6) is 5.75 Å². The molecule has 0 amide bonds. The minimum Gasteiger partial charge on any atom is -0.508 e. The predicted octanol–water partition coefficient (Wildman–Crippen LogP) is 4.26. The highest BCUT2D eigenvalue weighted by molar-refractivity contribution is 6.08. The summed E-state index contributed by atoms with van der Waals surface area (Å²) in [5, 5.41) is 12.1. The van der Waals surface area contributed by atoms with Crippen LogP contribution in [0.4, 0.5) is 0 Å². The molecular weight excluding hydrogens is 326 g/mol. The number of carbonyl (C=O) groups is 1. The van der Waals surface area contributed by atoms with E-state index < -0.39 is 0 Å². The van der Waals surface area contributed by atoms with Crippen LogP contribution in [0.1, 0.15) is 11.1 Å². The Morgan fingerprint density at radius 3 is 2.54 bits per heavy atom. The number of carbonyl (C=O) groups excluding carboxylic acids is 1. The molecule has 0 bridgehead atoms. The van der Waals surface area contributed by atoms with Gasteiger partial charge in [-0.2, -0.15) is 0 Å². The van der Waals surface area contributed by atoms with Gasteiger partial charge in [-0.15, -0.1) is 0 Å². The van der Waals surface area contributed by atoms with Crippen molar-refractivity contribution in [2.75, 3.05) is 7.11 Å². The van der Waals surface area contributed by atoms with Gasteiger partial charge in [0.25, 0.3) is 0 Å². The first kappa shape index (κ1) is 16.2. The highest BCUT2D eigenvalue weighted by Crippen LogP contribution is 2.31. The zero-order chi connectivity index (χ0) is 18.1. The van der Waals surface area contributed by atoms with E-state index in [-0.39, 0.29) is 18.1 Å². The third kappa shape index (κ3) is 2.90. The Bertz CT molecular complexity index is 1110. The Balaban J connectivity index is 1.89. The fraction of sp³-hybridized carbons (Fsp3) is 0.136. The molecule has 0 spiro atoms. The highest BCUT2D eigenvalue weighted by Gasteiger charge is 2.12. The number of phenolic OH excluding ortho intramolecular Hbond substituents is 1. The van der Waals surface area contributed by atoms with Crippen LogP contribution in [0.3, 0.4) is 0 Å². The van der Waals surface area contributed by atoms with Crippen molar-refractivity contribution in [2.45, 2.75) is 13.0 Å². The summed E-state index contributed by atoms with van der Waals surface area (Å²) in [6.45, 7) is 0.639. The summed E-state index contributed by atoms with van der Waals surface area (Å²) >= 11 is 0. The topological polar surface area (TPSA) is 51.5 Å². The average Bonchev–Trinajstić information content (AvgIpc) is 2.95. The third-order valence-corrected chi connectivity index (χ3v) is 4.67. The molecule has 0 unspecified atom stereocenters. The molecule has 1 N–H and O–H groups in total. The van der Waals surface area contributed by atoms with Gasteiger partial charge in [0.05, 0.1) is 13.5 Å². The van der Waals surface area contributed by atoms with Crippen LogP contribution in [0.2, 0.25) is 0 Å². The van der Waals surface area contributed by atoms with Gasteiger partial charge in [0.15, 0.2) is 0 Å². The molecule has 4 rings (SSSR count). The first-order chi connectivity index (χ1) is 12.7. The normalized spacial score (nSPS) is 11.1. The van der Waals surface area contributed by atoms with Crippen molar-refractivity contribution in [3.8, 4) is 5.75 Å². The Kier molecular flexibility index (Phi) is 4.09. The van der Waals surface area contributed by atoms with Crippen LogP contribution >= 0.6 is 0 Å². The maximum Gasteiger partial charge on any atom is 0.309 e. The second-order valence-electron chi connectivity index (χ2n) is 6.38. The Labute approximate surface area is 151 Å². The SMILES string of the molecule is COC(=O)Cc1ccc2c3ccccc3n(Cc3cccc(O)c3)c2c1. The predicted molar refractivity (Wildman–Crippen MR) is 102 cm³/mol. The summed E-state index contributed by atoms with van der Waals surface area (Å²) in [5.74, 6) is 0.00893. The molecule has 4 nitrogen and oxygen atoms in total. The highest BCUT2D eigenvalue weighted by atomic mass is 16.5. The monoisotopic (exact) mass is 345 g/mol. The largest absolute Gasteiger partial charge is 0.508 e. The molecule has 0 atom stereocenters. The van der Waals surface area contributed by atoms with E-state index in [1.807, 2.05) is 30.3 Å². The molecule has 0 aliphatic carbocycles. The number of ether oxygens (including phenoxy) is 1. The van der Waals surface area contributed by atoms with Crippen LogP contribution in [0.15, 0.2) is 66.7 Å². The molecular formula is C22H19NO3. The molecule has 4 heteroatoms. The fourth-order valence-electron chi connectivity index (χ4n) is 3.45. The van der Waals surface area contributed by atoms with Gasteiger partial charge in [0, 0.05) is 28.4 Å². The van der Waals surface area contributed by atoms with Crippen LogP contribution in [0, 0.1) is 0 Å². The molecule has 4 aromatic rings. The average molecular weight is 345 g/mol. The first-order valence-corrected chi connectivity index (χ1v) is 8.50.